The Morgan fingerprint density at radius 1 is 1.00 bits per heavy atom. The zero-order valence-corrected chi connectivity index (χ0v) is 17.0. The minimum atomic E-state index is 0.235. The van der Waals surface area contributed by atoms with Crippen molar-refractivity contribution >= 4 is 22.6 Å². The Kier molecular flexibility index (Phi) is 4.24. The summed E-state index contributed by atoms with van der Waals surface area (Å²) in [6, 6.07) is 18.1. The van der Waals surface area contributed by atoms with Crippen molar-refractivity contribution in [3.63, 3.8) is 0 Å². The predicted molar refractivity (Wildman–Crippen MR) is 109 cm³/mol. The average molecular weight is 431 g/mol. The first-order valence-corrected chi connectivity index (χ1v) is 10.1. The number of halogens is 1. The Morgan fingerprint density at radius 2 is 1.67 bits per heavy atom. The topological polar surface area (TPSA) is 3.24 Å². The molecule has 2 aromatic rings. The smallest absolute Gasteiger partial charge is 0.0233 e. The summed E-state index contributed by atoms with van der Waals surface area (Å²) in [5, 5.41) is 0. The van der Waals surface area contributed by atoms with Gasteiger partial charge in [-0.25, -0.2) is 0 Å². The van der Waals surface area contributed by atoms with Crippen LogP contribution in [0.2, 0.25) is 0 Å². The van der Waals surface area contributed by atoms with E-state index in [2.05, 4.69) is 96.8 Å². The van der Waals surface area contributed by atoms with E-state index in [4.69, 9.17) is 0 Å². The van der Waals surface area contributed by atoms with E-state index in [1.54, 1.807) is 5.56 Å². The van der Waals surface area contributed by atoms with Crippen molar-refractivity contribution in [2.45, 2.75) is 38.6 Å². The second kappa shape index (κ2) is 6.14. The van der Waals surface area contributed by atoms with E-state index in [1.165, 1.54) is 27.8 Å². The average Bonchev–Trinajstić information content (AvgIpc) is 3.03. The van der Waals surface area contributed by atoms with Crippen molar-refractivity contribution < 1.29 is 0 Å². The molecule has 2 aliphatic rings. The standard InChI is InChI=1S/C22H26IN/c1-22(2,3)17-9-16(10-18(23)11-17)21-19-13-24(14-20(19)21)12-15-7-5-4-6-8-15/h4-11,19-21H,12-14H2,1-3H3. The van der Waals surface area contributed by atoms with Gasteiger partial charge in [-0.05, 0) is 74.6 Å². The normalized spacial score (nSPS) is 26.4. The number of benzene rings is 2. The highest BCUT2D eigenvalue weighted by Crippen LogP contribution is 2.58. The van der Waals surface area contributed by atoms with E-state index in [0.29, 0.717) is 0 Å². The summed E-state index contributed by atoms with van der Waals surface area (Å²) in [4.78, 5) is 2.64. The molecule has 0 bridgehead atoms. The molecule has 2 unspecified atom stereocenters. The fraction of sp³-hybridized carbons (Fsp3) is 0.455. The minimum absolute atomic E-state index is 0.235. The van der Waals surface area contributed by atoms with Crippen molar-refractivity contribution in [2.75, 3.05) is 13.1 Å². The summed E-state index contributed by atoms with van der Waals surface area (Å²) in [6.45, 7) is 10.6. The molecule has 1 saturated heterocycles. The van der Waals surface area contributed by atoms with Crippen LogP contribution in [0.1, 0.15) is 43.4 Å². The molecular weight excluding hydrogens is 405 g/mol. The SMILES string of the molecule is CC(C)(C)c1cc(I)cc(C2C3CN(Cc4ccccc4)CC32)c1. The highest BCUT2D eigenvalue weighted by Gasteiger charge is 2.56. The second-order valence-corrected chi connectivity index (χ2v) is 9.80. The van der Waals surface area contributed by atoms with Crippen LogP contribution < -0.4 is 0 Å². The maximum Gasteiger partial charge on any atom is 0.0233 e. The number of rotatable bonds is 3. The van der Waals surface area contributed by atoms with E-state index in [1.807, 2.05) is 0 Å². The Morgan fingerprint density at radius 3 is 2.29 bits per heavy atom. The van der Waals surface area contributed by atoms with Gasteiger partial charge in [-0.15, -0.1) is 0 Å². The van der Waals surface area contributed by atoms with Crippen LogP contribution in [0.4, 0.5) is 0 Å². The van der Waals surface area contributed by atoms with Crippen molar-refractivity contribution in [2.24, 2.45) is 11.8 Å². The lowest BCUT2D eigenvalue weighted by Crippen LogP contribution is -2.23. The summed E-state index contributed by atoms with van der Waals surface area (Å²) >= 11 is 2.49. The molecule has 1 aliphatic carbocycles. The molecule has 1 heterocycles. The molecule has 2 fully saturated rings. The number of fused-ring (bicyclic) bond motifs is 1. The second-order valence-electron chi connectivity index (χ2n) is 8.56. The van der Waals surface area contributed by atoms with Gasteiger partial charge in [0, 0.05) is 23.2 Å². The number of nitrogens with zero attached hydrogens (tertiary/aromatic N) is 1. The van der Waals surface area contributed by atoms with E-state index in [9.17, 15) is 0 Å². The van der Waals surface area contributed by atoms with Gasteiger partial charge in [-0.1, -0.05) is 57.2 Å². The lowest BCUT2D eigenvalue weighted by atomic mass is 9.85. The van der Waals surface area contributed by atoms with Crippen LogP contribution in [0.3, 0.4) is 0 Å². The molecule has 4 rings (SSSR count). The molecular formula is C22H26IN. The third-order valence-corrected chi connectivity index (χ3v) is 6.31. The largest absolute Gasteiger partial charge is 0.298 e. The fourth-order valence-electron chi connectivity index (χ4n) is 4.32. The summed E-state index contributed by atoms with van der Waals surface area (Å²) in [6.07, 6.45) is 0. The molecule has 1 nitrogen and oxygen atoms in total. The molecule has 2 aromatic carbocycles. The van der Waals surface area contributed by atoms with Crippen LogP contribution in [0.5, 0.6) is 0 Å². The zero-order chi connectivity index (χ0) is 16.9. The van der Waals surface area contributed by atoms with Gasteiger partial charge in [0.15, 0.2) is 0 Å². The van der Waals surface area contributed by atoms with Crippen molar-refractivity contribution in [1.29, 1.82) is 0 Å². The third-order valence-electron chi connectivity index (χ3n) is 5.69. The molecule has 0 aromatic heterocycles. The van der Waals surface area contributed by atoms with Crippen LogP contribution in [-0.2, 0) is 12.0 Å². The lowest BCUT2D eigenvalue weighted by molar-refractivity contribution is 0.290. The first kappa shape index (κ1) is 16.6. The van der Waals surface area contributed by atoms with E-state index in [0.717, 1.165) is 24.3 Å². The molecule has 126 valence electrons. The Balaban J connectivity index is 1.44. The predicted octanol–water partition coefficient (Wildman–Crippen LogP) is 5.43. The molecule has 24 heavy (non-hydrogen) atoms. The van der Waals surface area contributed by atoms with E-state index in [-0.39, 0.29) is 5.41 Å². The van der Waals surface area contributed by atoms with Crippen LogP contribution >= 0.6 is 22.6 Å². The molecule has 1 saturated carbocycles. The summed E-state index contributed by atoms with van der Waals surface area (Å²) in [5.74, 6) is 2.55. The Labute approximate surface area is 159 Å². The van der Waals surface area contributed by atoms with Crippen LogP contribution in [0, 0.1) is 15.4 Å². The van der Waals surface area contributed by atoms with Gasteiger partial charge < -0.3 is 0 Å². The number of likely N-dealkylation sites (tertiary alicyclic amines) is 1. The number of hydrogen-bond donors (Lipinski definition) is 0. The number of hydrogen-bond acceptors (Lipinski definition) is 1. The molecule has 0 N–H and O–H groups in total. The molecule has 0 amide bonds. The van der Waals surface area contributed by atoms with Crippen LogP contribution in [-0.4, -0.2) is 18.0 Å². The van der Waals surface area contributed by atoms with Gasteiger partial charge in [0.25, 0.3) is 0 Å². The Bertz CT molecular complexity index is 719. The quantitative estimate of drug-likeness (QED) is 0.586. The highest BCUT2D eigenvalue weighted by molar-refractivity contribution is 14.1. The molecule has 1 aliphatic heterocycles. The molecule has 2 atom stereocenters. The zero-order valence-electron chi connectivity index (χ0n) is 14.8. The monoisotopic (exact) mass is 431 g/mol. The summed E-state index contributed by atoms with van der Waals surface area (Å²) < 4.78 is 1.39. The van der Waals surface area contributed by atoms with Gasteiger partial charge in [-0.3, -0.25) is 4.90 Å². The maximum absolute atomic E-state index is 2.64. The van der Waals surface area contributed by atoms with E-state index >= 15 is 0 Å². The summed E-state index contributed by atoms with van der Waals surface area (Å²) in [5.41, 5.74) is 4.75. The van der Waals surface area contributed by atoms with Crippen LogP contribution in [0.15, 0.2) is 48.5 Å². The maximum atomic E-state index is 2.64. The lowest BCUT2D eigenvalue weighted by Gasteiger charge is -2.22. The van der Waals surface area contributed by atoms with Gasteiger partial charge in [0.1, 0.15) is 0 Å². The van der Waals surface area contributed by atoms with Crippen molar-refractivity contribution in [3.8, 4) is 0 Å². The van der Waals surface area contributed by atoms with Gasteiger partial charge >= 0.3 is 0 Å². The van der Waals surface area contributed by atoms with Crippen LogP contribution in [0.25, 0.3) is 0 Å². The molecule has 0 spiro atoms. The van der Waals surface area contributed by atoms with Gasteiger partial charge in [0.05, 0.1) is 0 Å². The van der Waals surface area contributed by atoms with Crippen molar-refractivity contribution in [1.82, 2.24) is 4.90 Å². The first-order chi connectivity index (χ1) is 11.4. The summed E-state index contributed by atoms with van der Waals surface area (Å²) in [7, 11) is 0. The third kappa shape index (κ3) is 3.28. The molecule has 0 radical (unpaired) electrons. The van der Waals surface area contributed by atoms with E-state index < -0.39 is 0 Å². The minimum Gasteiger partial charge on any atom is -0.298 e. The fourth-order valence-corrected chi connectivity index (χ4v) is 5.01. The van der Waals surface area contributed by atoms with Gasteiger partial charge in [0.2, 0.25) is 0 Å². The number of piperidine rings is 1. The Hall–Kier alpha value is -0.870. The van der Waals surface area contributed by atoms with Gasteiger partial charge in [-0.2, -0.15) is 0 Å². The molecule has 2 heteroatoms. The highest BCUT2D eigenvalue weighted by atomic mass is 127. The van der Waals surface area contributed by atoms with Crippen molar-refractivity contribution in [3.05, 3.63) is 68.8 Å². The first-order valence-electron chi connectivity index (χ1n) is 8.99.